The summed E-state index contributed by atoms with van der Waals surface area (Å²) in [4.78, 5) is 0. The lowest BCUT2D eigenvalue weighted by molar-refractivity contribution is 0.528. The Balaban J connectivity index is 1.30. The Labute approximate surface area is 193 Å². The highest BCUT2D eigenvalue weighted by atomic mass is 14.0. The fraction of sp³-hybridized carbons (Fsp3) is 0.613. The molecule has 2 aromatic carbocycles. The molecule has 0 heteroatoms. The van der Waals surface area contributed by atoms with Crippen molar-refractivity contribution >= 4 is 10.8 Å². The molecule has 0 fully saturated rings. The fourth-order valence-electron chi connectivity index (χ4n) is 4.63. The highest BCUT2D eigenvalue weighted by Crippen LogP contribution is 2.18. The lowest BCUT2D eigenvalue weighted by Gasteiger charge is -2.05. The van der Waals surface area contributed by atoms with E-state index in [1.807, 2.05) is 0 Å². The minimum absolute atomic E-state index is 1.24. The van der Waals surface area contributed by atoms with Crippen molar-refractivity contribution in [2.24, 2.45) is 0 Å². The summed E-state index contributed by atoms with van der Waals surface area (Å²) < 4.78 is 0. The van der Waals surface area contributed by atoms with Crippen molar-refractivity contribution in [3.8, 4) is 0 Å². The fourth-order valence-corrected chi connectivity index (χ4v) is 4.63. The van der Waals surface area contributed by atoms with Crippen LogP contribution < -0.4 is 0 Å². The average molecular weight is 421 g/mol. The second-order valence-corrected chi connectivity index (χ2v) is 9.45. The summed E-state index contributed by atoms with van der Waals surface area (Å²) in [5.41, 5.74) is 1.50. The van der Waals surface area contributed by atoms with Crippen LogP contribution in [-0.2, 0) is 6.42 Å². The van der Waals surface area contributed by atoms with E-state index in [9.17, 15) is 0 Å². The maximum absolute atomic E-state index is 2.38. The summed E-state index contributed by atoms with van der Waals surface area (Å²) in [5, 5.41) is 2.74. The van der Waals surface area contributed by atoms with Gasteiger partial charge in [0.1, 0.15) is 0 Å². The van der Waals surface area contributed by atoms with Gasteiger partial charge in [0.05, 0.1) is 0 Å². The van der Waals surface area contributed by atoms with E-state index in [2.05, 4.69) is 61.5 Å². The number of fused-ring (bicyclic) bond motifs is 1. The van der Waals surface area contributed by atoms with Crippen LogP contribution in [0.1, 0.15) is 122 Å². The van der Waals surface area contributed by atoms with E-state index >= 15 is 0 Å². The molecule has 2 aromatic rings. The number of aryl methyl sites for hydroxylation is 1. The SMILES string of the molecule is C/C=C/CCCCCCCCCCCCCCCCCCc1ccc2ccccc2c1. The van der Waals surface area contributed by atoms with E-state index in [0.717, 1.165) is 0 Å². The Morgan fingerprint density at radius 3 is 1.55 bits per heavy atom. The third kappa shape index (κ3) is 12.8. The number of benzene rings is 2. The summed E-state index contributed by atoms with van der Waals surface area (Å²) in [7, 11) is 0. The Morgan fingerprint density at radius 1 is 0.516 bits per heavy atom. The molecular weight excluding hydrogens is 372 g/mol. The second kappa shape index (κ2) is 18.1. The molecule has 0 nitrogen and oxygen atoms in total. The normalized spacial score (nSPS) is 11.6. The Morgan fingerprint density at radius 2 is 1.00 bits per heavy atom. The smallest absolute Gasteiger partial charge is 0.0181 e. The van der Waals surface area contributed by atoms with E-state index in [0.29, 0.717) is 0 Å². The van der Waals surface area contributed by atoms with Crippen LogP contribution in [-0.4, -0.2) is 0 Å². The number of hydrogen-bond donors (Lipinski definition) is 0. The van der Waals surface area contributed by atoms with Gasteiger partial charge < -0.3 is 0 Å². The van der Waals surface area contributed by atoms with E-state index in [1.165, 1.54) is 132 Å². The highest BCUT2D eigenvalue weighted by Gasteiger charge is 1.98. The van der Waals surface area contributed by atoms with Gasteiger partial charge in [-0.15, -0.1) is 0 Å². The molecule has 172 valence electrons. The number of hydrogen-bond acceptors (Lipinski definition) is 0. The summed E-state index contributed by atoms with van der Waals surface area (Å²) >= 11 is 0. The van der Waals surface area contributed by atoms with Crippen LogP contribution in [0.25, 0.3) is 10.8 Å². The van der Waals surface area contributed by atoms with Gasteiger partial charge in [0.15, 0.2) is 0 Å². The van der Waals surface area contributed by atoms with Crippen LogP contribution in [0.4, 0.5) is 0 Å². The van der Waals surface area contributed by atoms with E-state index < -0.39 is 0 Å². The van der Waals surface area contributed by atoms with Crippen molar-refractivity contribution in [2.45, 2.75) is 122 Å². The first kappa shape index (κ1) is 25.7. The van der Waals surface area contributed by atoms with Gasteiger partial charge in [-0.05, 0) is 48.9 Å². The first-order chi connectivity index (χ1) is 15.4. The number of allylic oxidation sites excluding steroid dienone is 2. The number of rotatable bonds is 19. The zero-order valence-electron chi connectivity index (χ0n) is 20.4. The standard InChI is InChI=1S/C31H48/c1-2-3-4-5-6-7-8-9-10-11-12-13-14-15-16-17-18-19-20-23-29-26-27-30-24-21-22-25-31(30)28-29/h2-3,21-22,24-28H,4-20,23H2,1H3/b3-2+. The molecule has 0 spiro atoms. The summed E-state index contributed by atoms with van der Waals surface area (Å²) in [5.74, 6) is 0. The van der Waals surface area contributed by atoms with E-state index in [-0.39, 0.29) is 0 Å². The Bertz CT molecular complexity index is 696. The monoisotopic (exact) mass is 420 g/mol. The largest absolute Gasteiger partial charge is 0.0917 e. The van der Waals surface area contributed by atoms with Gasteiger partial charge in [-0.3, -0.25) is 0 Å². The van der Waals surface area contributed by atoms with Crippen molar-refractivity contribution in [3.63, 3.8) is 0 Å². The first-order valence-corrected chi connectivity index (χ1v) is 13.5. The van der Waals surface area contributed by atoms with Crippen LogP contribution >= 0.6 is 0 Å². The topological polar surface area (TPSA) is 0 Å². The molecule has 0 aliphatic carbocycles. The molecule has 0 bridgehead atoms. The van der Waals surface area contributed by atoms with E-state index in [4.69, 9.17) is 0 Å². The molecule has 0 aliphatic rings. The molecule has 0 radical (unpaired) electrons. The molecule has 0 atom stereocenters. The van der Waals surface area contributed by atoms with Crippen LogP contribution in [0, 0.1) is 0 Å². The van der Waals surface area contributed by atoms with Crippen LogP contribution in [0.2, 0.25) is 0 Å². The minimum Gasteiger partial charge on any atom is -0.0917 e. The Kier molecular flexibility index (Phi) is 15.0. The predicted octanol–water partition coefficient (Wildman–Crippen LogP) is 10.6. The zero-order valence-corrected chi connectivity index (χ0v) is 20.4. The van der Waals surface area contributed by atoms with Crippen LogP contribution in [0.15, 0.2) is 54.6 Å². The third-order valence-corrected chi connectivity index (χ3v) is 6.64. The Hall–Kier alpha value is -1.56. The van der Waals surface area contributed by atoms with Crippen molar-refractivity contribution in [1.29, 1.82) is 0 Å². The summed E-state index contributed by atoms with van der Waals surface area (Å²) in [6.45, 7) is 2.12. The van der Waals surface area contributed by atoms with Crippen molar-refractivity contribution in [2.75, 3.05) is 0 Å². The third-order valence-electron chi connectivity index (χ3n) is 6.64. The second-order valence-electron chi connectivity index (χ2n) is 9.45. The maximum Gasteiger partial charge on any atom is -0.0181 e. The predicted molar refractivity (Wildman–Crippen MR) is 141 cm³/mol. The van der Waals surface area contributed by atoms with Gasteiger partial charge in [-0.25, -0.2) is 0 Å². The van der Waals surface area contributed by atoms with Gasteiger partial charge in [-0.2, -0.15) is 0 Å². The minimum atomic E-state index is 1.24. The molecule has 0 unspecified atom stereocenters. The molecule has 0 aliphatic heterocycles. The quantitative estimate of drug-likeness (QED) is 0.156. The van der Waals surface area contributed by atoms with Crippen LogP contribution in [0.3, 0.4) is 0 Å². The molecule has 0 N–H and O–H groups in total. The number of unbranched alkanes of at least 4 members (excludes halogenated alkanes) is 16. The molecular formula is C31H48. The highest BCUT2D eigenvalue weighted by molar-refractivity contribution is 5.82. The summed E-state index contributed by atoms with van der Waals surface area (Å²) in [6.07, 6.45) is 30.0. The van der Waals surface area contributed by atoms with Gasteiger partial charge in [0.25, 0.3) is 0 Å². The maximum atomic E-state index is 2.38. The van der Waals surface area contributed by atoms with Crippen molar-refractivity contribution < 1.29 is 0 Å². The van der Waals surface area contributed by atoms with Gasteiger partial charge in [0, 0.05) is 0 Å². The molecule has 0 aromatic heterocycles. The molecule has 31 heavy (non-hydrogen) atoms. The van der Waals surface area contributed by atoms with Crippen molar-refractivity contribution in [3.05, 3.63) is 60.2 Å². The molecule has 0 saturated carbocycles. The molecule has 0 amide bonds. The average Bonchev–Trinajstić information content (AvgIpc) is 2.80. The van der Waals surface area contributed by atoms with Gasteiger partial charge >= 0.3 is 0 Å². The molecule has 2 rings (SSSR count). The van der Waals surface area contributed by atoms with Gasteiger partial charge in [0.2, 0.25) is 0 Å². The lowest BCUT2D eigenvalue weighted by atomic mass is 10.0. The zero-order chi connectivity index (χ0) is 21.8. The molecule has 0 saturated heterocycles. The van der Waals surface area contributed by atoms with E-state index in [1.54, 1.807) is 0 Å². The van der Waals surface area contributed by atoms with Crippen LogP contribution in [0.5, 0.6) is 0 Å². The van der Waals surface area contributed by atoms with Crippen molar-refractivity contribution in [1.82, 2.24) is 0 Å². The first-order valence-electron chi connectivity index (χ1n) is 13.5. The lowest BCUT2D eigenvalue weighted by Crippen LogP contribution is -1.87. The summed E-state index contributed by atoms with van der Waals surface area (Å²) in [6, 6.07) is 15.7. The van der Waals surface area contributed by atoms with Gasteiger partial charge in [-0.1, -0.05) is 145 Å². The molecule has 0 heterocycles.